The van der Waals surface area contributed by atoms with Gasteiger partial charge in [-0.2, -0.15) is 0 Å². The number of aromatic nitrogens is 1. The minimum atomic E-state index is 0.168. The standard InChI is InChI=1S/C7H7Br2N/c1-5-3-2-4-10-6(5)7(8)9/h2-4,7H,1H3. The highest BCUT2D eigenvalue weighted by molar-refractivity contribution is 9.24. The van der Waals surface area contributed by atoms with Gasteiger partial charge in [-0.25, -0.2) is 0 Å². The van der Waals surface area contributed by atoms with Crippen LogP contribution in [0.15, 0.2) is 18.3 Å². The van der Waals surface area contributed by atoms with Crippen molar-refractivity contribution in [1.82, 2.24) is 4.98 Å². The summed E-state index contributed by atoms with van der Waals surface area (Å²) in [7, 11) is 0. The van der Waals surface area contributed by atoms with Crippen molar-refractivity contribution in [2.75, 3.05) is 0 Å². The monoisotopic (exact) mass is 263 g/mol. The SMILES string of the molecule is Cc1cccnc1C(Br)Br. The van der Waals surface area contributed by atoms with Crippen LogP contribution >= 0.6 is 31.9 Å². The molecular formula is C7H7Br2N. The Labute approximate surface area is 77.1 Å². The molecule has 0 N–H and O–H groups in total. The maximum absolute atomic E-state index is 4.18. The van der Waals surface area contributed by atoms with Crippen molar-refractivity contribution in [3.63, 3.8) is 0 Å². The highest BCUT2D eigenvalue weighted by Crippen LogP contribution is 2.28. The van der Waals surface area contributed by atoms with Gasteiger partial charge in [-0.3, -0.25) is 4.98 Å². The van der Waals surface area contributed by atoms with E-state index in [1.54, 1.807) is 6.20 Å². The lowest BCUT2D eigenvalue weighted by atomic mass is 10.2. The Bertz CT molecular complexity index is 223. The predicted molar refractivity (Wildman–Crippen MR) is 49.6 cm³/mol. The molecule has 54 valence electrons. The first-order chi connectivity index (χ1) is 4.72. The number of rotatable bonds is 1. The van der Waals surface area contributed by atoms with Crippen LogP contribution < -0.4 is 0 Å². The van der Waals surface area contributed by atoms with E-state index in [2.05, 4.69) is 36.8 Å². The number of hydrogen-bond donors (Lipinski definition) is 0. The van der Waals surface area contributed by atoms with E-state index in [1.807, 2.05) is 19.1 Å². The van der Waals surface area contributed by atoms with E-state index in [9.17, 15) is 0 Å². The molecule has 0 aliphatic rings. The van der Waals surface area contributed by atoms with Crippen molar-refractivity contribution in [3.05, 3.63) is 29.6 Å². The summed E-state index contributed by atoms with van der Waals surface area (Å²) in [6.07, 6.45) is 1.79. The average Bonchev–Trinajstić information content (AvgIpc) is 1.88. The van der Waals surface area contributed by atoms with Crippen LogP contribution in [0.3, 0.4) is 0 Å². The lowest BCUT2D eigenvalue weighted by Gasteiger charge is -2.02. The Morgan fingerprint density at radius 2 is 2.20 bits per heavy atom. The van der Waals surface area contributed by atoms with Gasteiger partial charge in [0.05, 0.1) is 5.69 Å². The van der Waals surface area contributed by atoms with Crippen molar-refractivity contribution in [3.8, 4) is 0 Å². The Morgan fingerprint density at radius 3 is 2.60 bits per heavy atom. The first kappa shape index (κ1) is 8.21. The normalized spacial score (nSPS) is 10.4. The Morgan fingerprint density at radius 1 is 1.50 bits per heavy atom. The molecule has 0 atom stereocenters. The van der Waals surface area contributed by atoms with Crippen LogP contribution in [0.5, 0.6) is 0 Å². The van der Waals surface area contributed by atoms with E-state index in [1.165, 1.54) is 5.56 Å². The maximum Gasteiger partial charge on any atom is 0.112 e. The zero-order valence-corrected chi connectivity index (χ0v) is 8.68. The van der Waals surface area contributed by atoms with Crippen LogP contribution in [0.2, 0.25) is 0 Å². The third-order valence-electron chi connectivity index (χ3n) is 1.26. The summed E-state index contributed by atoms with van der Waals surface area (Å²) in [5, 5.41) is 0. The number of alkyl halides is 2. The highest BCUT2D eigenvalue weighted by Gasteiger charge is 2.05. The quantitative estimate of drug-likeness (QED) is 0.710. The lowest BCUT2D eigenvalue weighted by molar-refractivity contribution is 1.13. The van der Waals surface area contributed by atoms with E-state index in [4.69, 9.17) is 0 Å². The second kappa shape index (κ2) is 3.49. The van der Waals surface area contributed by atoms with Gasteiger partial charge in [0.2, 0.25) is 0 Å². The molecule has 1 aromatic heterocycles. The third kappa shape index (κ3) is 1.80. The van der Waals surface area contributed by atoms with Crippen LogP contribution in [-0.2, 0) is 0 Å². The van der Waals surface area contributed by atoms with Crippen molar-refractivity contribution < 1.29 is 0 Å². The van der Waals surface area contributed by atoms with Crippen LogP contribution in [0.1, 0.15) is 15.0 Å². The van der Waals surface area contributed by atoms with E-state index in [0.717, 1.165) is 5.69 Å². The van der Waals surface area contributed by atoms with Gasteiger partial charge in [0.1, 0.15) is 3.74 Å². The molecule has 1 nitrogen and oxygen atoms in total. The number of nitrogens with zero attached hydrogens (tertiary/aromatic N) is 1. The molecule has 0 spiro atoms. The number of hydrogen-bond acceptors (Lipinski definition) is 1. The van der Waals surface area contributed by atoms with Gasteiger partial charge in [0.15, 0.2) is 0 Å². The highest BCUT2D eigenvalue weighted by atomic mass is 79.9. The fourth-order valence-corrected chi connectivity index (χ4v) is 1.68. The Balaban J connectivity index is 3.03. The molecular weight excluding hydrogens is 258 g/mol. The molecule has 0 saturated heterocycles. The molecule has 0 unspecified atom stereocenters. The lowest BCUT2D eigenvalue weighted by Crippen LogP contribution is -1.89. The maximum atomic E-state index is 4.18. The molecule has 1 heterocycles. The molecule has 0 fully saturated rings. The predicted octanol–water partition coefficient (Wildman–Crippen LogP) is 3.18. The summed E-state index contributed by atoms with van der Waals surface area (Å²) in [6.45, 7) is 2.04. The molecule has 1 rings (SSSR count). The zero-order chi connectivity index (χ0) is 7.56. The van der Waals surface area contributed by atoms with Crippen molar-refractivity contribution in [2.45, 2.75) is 10.7 Å². The first-order valence-electron chi connectivity index (χ1n) is 2.91. The van der Waals surface area contributed by atoms with Gasteiger partial charge in [-0.05, 0) is 18.6 Å². The van der Waals surface area contributed by atoms with Crippen molar-refractivity contribution in [1.29, 1.82) is 0 Å². The molecule has 10 heavy (non-hydrogen) atoms. The molecule has 3 heteroatoms. The minimum absolute atomic E-state index is 0.168. The molecule has 0 aromatic carbocycles. The van der Waals surface area contributed by atoms with E-state index < -0.39 is 0 Å². The second-order valence-electron chi connectivity index (χ2n) is 2.01. The molecule has 0 amide bonds. The molecule has 0 bridgehead atoms. The molecule has 0 saturated carbocycles. The first-order valence-corrected chi connectivity index (χ1v) is 4.74. The smallest absolute Gasteiger partial charge is 0.112 e. The number of aryl methyl sites for hydroxylation is 1. The molecule has 0 aliphatic carbocycles. The van der Waals surface area contributed by atoms with Crippen LogP contribution in [-0.4, -0.2) is 4.98 Å². The van der Waals surface area contributed by atoms with E-state index in [-0.39, 0.29) is 3.74 Å². The second-order valence-corrected chi connectivity index (χ2v) is 5.07. The summed E-state index contributed by atoms with van der Waals surface area (Å²) in [5.74, 6) is 0. The fourth-order valence-electron chi connectivity index (χ4n) is 0.726. The number of pyridine rings is 1. The van der Waals surface area contributed by atoms with Crippen LogP contribution in [0, 0.1) is 6.92 Å². The summed E-state index contributed by atoms with van der Waals surface area (Å²) in [6, 6.07) is 3.97. The van der Waals surface area contributed by atoms with Gasteiger partial charge >= 0.3 is 0 Å². The molecule has 1 aromatic rings. The van der Waals surface area contributed by atoms with E-state index in [0.29, 0.717) is 0 Å². The van der Waals surface area contributed by atoms with E-state index >= 15 is 0 Å². The van der Waals surface area contributed by atoms with Gasteiger partial charge in [-0.1, -0.05) is 37.9 Å². The fraction of sp³-hybridized carbons (Fsp3) is 0.286. The van der Waals surface area contributed by atoms with Crippen molar-refractivity contribution >= 4 is 31.9 Å². The largest absolute Gasteiger partial charge is 0.259 e. The van der Waals surface area contributed by atoms with Crippen molar-refractivity contribution in [2.24, 2.45) is 0 Å². The van der Waals surface area contributed by atoms with Gasteiger partial charge in [0.25, 0.3) is 0 Å². The minimum Gasteiger partial charge on any atom is -0.259 e. The van der Waals surface area contributed by atoms with Crippen LogP contribution in [0.25, 0.3) is 0 Å². The Kier molecular flexibility index (Phi) is 2.86. The summed E-state index contributed by atoms with van der Waals surface area (Å²) >= 11 is 6.77. The summed E-state index contributed by atoms with van der Waals surface area (Å²) < 4.78 is 0.168. The number of halogens is 2. The molecule has 0 radical (unpaired) electrons. The van der Waals surface area contributed by atoms with Crippen LogP contribution in [0.4, 0.5) is 0 Å². The molecule has 0 aliphatic heterocycles. The summed E-state index contributed by atoms with van der Waals surface area (Å²) in [4.78, 5) is 4.18. The van der Waals surface area contributed by atoms with Gasteiger partial charge < -0.3 is 0 Å². The van der Waals surface area contributed by atoms with Gasteiger partial charge in [0, 0.05) is 6.20 Å². The topological polar surface area (TPSA) is 12.9 Å². The zero-order valence-electron chi connectivity index (χ0n) is 5.51. The third-order valence-corrected chi connectivity index (χ3v) is 2.12. The Hall–Kier alpha value is 0.110. The average molecular weight is 265 g/mol. The van der Waals surface area contributed by atoms with Gasteiger partial charge in [-0.15, -0.1) is 0 Å². The summed E-state index contributed by atoms with van der Waals surface area (Å²) in [5.41, 5.74) is 2.24.